The lowest BCUT2D eigenvalue weighted by Crippen LogP contribution is -2.23. The lowest BCUT2D eigenvalue weighted by atomic mass is 9.93. The first-order valence-corrected chi connectivity index (χ1v) is 7.67. The van der Waals surface area contributed by atoms with Crippen molar-refractivity contribution in [1.82, 2.24) is 10.1 Å². The van der Waals surface area contributed by atoms with Crippen LogP contribution in [0.25, 0.3) is 0 Å². The number of fused-ring (bicyclic) bond motifs is 1. The Morgan fingerprint density at radius 3 is 2.76 bits per heavy atom. The van der Waals surface area contributed by atoms with Gasteiger partial charge in [0.2, 0.25) is 0 Å². The van der Waals surface area contributed by atoms with Crippen LogP contribution in [0.3, 0.4) is 0 Å². The lowest BCUT2D eigenvalue weighted by Gasteiger charge is -2.13. The molecule has 3 rings (SSSR count). The maximum Gasteiger partial charge on any atom is 0.254 e. The molecule has 0 fully saturated rings. The average Bonchev–Trinajstić information content (AvgIpc) is 2.97. The highest BCUT2D eigenvalue weighted by Gasteiger charge is 2.29. The second-order valence-electron chi connectivity index (χ2n) is 6.40. The molecule has 0 spiro atoms. The van der Waals surface area contributed by atoms with Crippen LogP contribution < -0.4 is 0 Å². The molecule has 1 aromatic heterocycles. The van der Waals surface area contributed by atoms with Crippen molar-refractivity contribution in [2.45, 2.75) is 39.3 Å². The van der Waals surface area contributed by atoms with E-state index < -0.39 is 0 Å². The number of amides is 1. The number of aromatic nitrogens is 1. The summed E-state index contributed by atoms with van der Waals surface area (Å²) in [5.41, 5.74) is 2.54. The van der Waals surface area contributed by atoms with Gasteiger partial charge in [-0.2, -0.15) is 0 Å². The summed E-state index contributed by atoms with van der Waals surface area (Å²) in [6.07, 6.45) is 0. The molecule has 0 atom stereocenters. The number of carbonyl (C=O) groups excluding carboxylic acids is 1. The smallest absolute Gasteiger partial charge is 0.254 e. The molecule has 1 aliphatic rings. The first-order chi connectivity index (χ1) is 9.84. The molecule has 0 saturated heterocycles. The van der Waals surface area contributed by atoms with E-state index in [1.54, 1.807) is 4.90 Å². The standard InChI is InChI=1S/C16H17BrN2O2/c1-16(2,3)14-7-12(18-21-14)9-19-8-10-4-5-11(17)6-13(10)15(19)20/h4-7H,8-9H2,1-3H3. The first-order valence-electron chi connectivity index (χ1n) is 6.88. The molecule has 0 saturated carbocycles. The zero-order valence-electron chi connectivity index (χ0n) is 12.3. The molecule has 2 aromatic rings. The average molecular weight is 349 g/mol. The molecule has 1 amide bonds. The number of hydrogen-bond acceptors (Lipinski definition) is 3. The molecule has 0 bridgehead atoms. The topological polar surface area (TPSA) is 46.3 Å². The Bertz CT molecular complexity index is 701. The molecular formula is C16H17BrN2O2. The minimum absolute atomic E-state index is 0.0478. The van der Waals surface area contributed by atoms with Gasteiger partial charge in [0, 0.05) is 28.1 Å². The van der Waals surface area contributed by atoms with Crippen molar-refractivity contribution in [3.63, 3.8) is 0 Å². The van der Waals surface area contributed by atoms with E-state index >= 15 is 0 Å². The van der Waals surface area contributed by atoms with Gasteiger partial charge in [-0.3, -0.25) is 4.79 Å². The van der Waals surface area contributed by atoms with Crippen molar-refractivity contribution >= 4 is 21.8 Å². The molecule has 1 aliphatic heterocycles. The van der Waals surface area contributed by atoms with E-state index in [1.807, 2.05) is 24.3 Å². The largest absolute Gasteiger partial charge is 0.361 e. The molecule has 4 nitrogen and oxygen atoms in total. The zero-order chi connectivity index (χ0) is 15.2. The van der Waals surface area contributed by atoms with Gasteiger partial charge in [0.15, 0.2) is 0 Å². The van der Waals surface area contributed by atoms with Crippen molar-refractivity contribution < 1.29 is 9.32 Å². The Kier molecular flexibility index (Phi) is 3.40. The summed E-state index contributed by atoms with van der Waals surface area (Å²) in [6, 6.07) is 7.76. The van der Waals surface area contributed by atoms with Gasteiger partial charge in [-0.1, -0.05) is 47.9 Å². The molecular weight excluding hydrogens is 332 g/mol. The highest BCUT2D eigenvalue weighted by molar-refractivity contribution is 9.10. The van der Waals surface area contributed by atoms with Gasteiger partial charge >= 0.3 is 0 Å². The first kappa shape index (κ1) is 14.3. The molecule has 1 aromatic carbocycles. The molecule has 2 heterocycles. The summed E-state index contributed by atoms with van der Waals surface area (Å²) in [4.78, 5) is 14.2. The third-order valence-corrected chi connectivity index (χ3v) is 4.10. The van der Waals surface area contributed by atoms with E-state index in [-0.39, 0.29) is 11.3 Å². The minimum Gasteiger partial charge on any atom is -0.361 e. The Balaban J connectivity index is 1.79. The number of benzene rings is 1. The molecule has 0 N–H and O–H groups in total. The van der Waals surface area contributed by atoms with E-state index in [4.69, 9.17) is 4.52 Å². The molecule has 0 unspecified atom stereocenters. The third kappa shape index (κ3) is 2.75. The zero-order valence-corrected chi connectivity index (χ0v) is 13.9. The predicted octanol–water partition coefficient (Wildman–Crippen LogP) is 3.89. The Hall–Kier alpha value is -1.62. The molecule has 21 heavy (non-hydrogen) atoms. The van der Waals surface area contributed by atoms with Crippen LogP contribution >= 0.6 is 15.9 Å². The summed E-state index contributed by atoms with van der Waals surface area (Å²) in [6.45, 7) is 7.33. The normalized spacial score (nSPS) is 14.7. The lowest BCUT2D eigenvalue weighted by molar-refractivity contribution is 0.0763. The number of rotatable bonds is 2. The van der Waals surface area contributed by atoms with Gasteiger partial charge < -0.3 is 9.42 Å². The van der Waals surface area contributed by atoms with Crippen LogP contribution in [-0.4, -0.2) is 16.0 Å². The van der Waals surface area contributed by atoms with Gasteiger partial charge in [0.25, 0.3) is 5.91 Å². The summed E-state index contributed by atoms with van der Waals surface area (Å²) in [5, 5.41) is 4.08. The van der Waals surface area contributed by atoms with Crippen molar-refractivity contribution in [3.8, 4) is 0 Å². The third-order valence-electron chi connectivity index (χ3n) is 3.60. The second-order valence-corrected chi connectivity index (χ2v) is 7.31. The number of carbonyl (C=O) groups is 1. The predicted molar refractivity (Wildman–Crippen MR) is 82.9 cm³/mol. The van der Waals surface area contributed by atoms with Crippen molar-refractivity contribution in [2.24, 2.45) is 0 Å². The Labute approximate surface area is 132 Å². The Morgan fingerprint density at radius 2 is 2.10 bits per heavy atom. The monoisotopic (exact) mass is 348 g/mol. The fraction of sp³-hybridized carbons (Fsp3) is 0.375. The fourth-order valence-electron chi connectivity index (χ4n) is 2.40. The van der Waals surface area contributed by atoms with Crippen molar-refractivity contribution in [2.75, 3.05) is 0 Å². The van der Waals surface area contributed by atoms with Gasteiger partial charge in [-0.15, -0.1) is 0 Å². The summed E-state index contributed by atoms with van der Waals surface area (Å²) >= 11 is 3.41. The second kappa shape index (κ2) is 4.98. The SMILES string of the molecule is CC(C)(C)c1cc(CN2Cc3ccc(Br)cc3C2=O)no1. The Morgan fingerprint density at radius 1 is 1.33 bits per heavy atom. The number of nitrogens with zero attached hydrogens (tertiary/aromatic N) is 2. The van der Waals surface area contributed by atoms with Gasteiger partial charge in [-0.05, 0) is 17.7 Å². The van der Waals surface area contributed by atoms with Crippen LogP contribution in [-0.2, 0) is 18.5 Å². The fourth-order valence-corrected chi connectivity index (χ4v) is 2.76. The summed E-state index contributed by atoms with van der Waals surface area (Å²) in [5.74, 6) is 0.885. The van der Waals surface area contributed by atoms with Crippen LogP contribution in [0.4, 0.5) is 0 Å². The van der Waals surface area contributed by atoms with Crippen LogP contribution in [0.15, 0.2) is 33.3 Å². The molecule has 0 radical (unpaired) electrons. The van der Waals surface area contributed by atoms with E-state index in [1.165, 1.54) is 0 Å². The van der Waals surface area contributed by atoms with E-state index in [9.17, 15) is 4.79 Å². The van der Waals surface area contributed by atoms with Crippen LogP contribution in [0.5, 0.6) is 0 Å². The molecule has 110 valence electrons. The highest BCUT2D eigenvalue weighted by Crippen LogP contribution is 2.28. The van der Waals surface area contributed by atoms with Gasteiger partial charge in [0.05, 0.1) is 6.54 Å². The van der Waals surface area contributed by atoms with Crippen LogP contribution in [0, 0.1) is 0 Å². The van der Waals surface area contributed by atoms with Gasteiger partial charge in [0.1, 0.15) is 11.5 Å². The van der Waals surface area contributed by atoms with Crippen LogP contribution in [0.2, 0.25) is 0 Å². The maximum atomic E-state index is 12.4. The van der Waals surface area contributed by atoms with Crippen molar-refractivity contribution in [1.29, 1.82) is 0 Å². The highest BCUT2D eigenvalue weighted by atomic mass is 79.9. The van der Waals surface area contributed by atoms with E-state index in [0.717, 1.165) is 27.1 Å². The van der Waals surface area contributed by atoms with E-state index in [0.29, 0.717) is 13.1 Å². The van der Waals surface area contributed by atoms with E-state index in [2.05, 4.69) is 41.9 Å². The summed E-state index contributed by atoms with van der Waals surface area (Å²) in [7, 11) is 0. The van der Waals surface area contributed by atoms with Crippen molar-refractivity contribution in [3.05, 3.63) is 51.3 Å². The molecule has 5 heteroatoms. The number of halogens is 1. The number of hydrogen-bond donors (Lipinski definition) is 0. The van der Waals surface area contributed by atoms with Crippen LogP contribution in [0.1, 0.15) is 48.1 Å². The molecule has 0 aliphatic carbocycles. The quantitative estimate of drug-likeness (QED) is 0.826. The maximum absolute atomic E-state index is 12.4. The summed E-state index contributed by atoms with van der Waals surface area (Å²) < 4.78 is 6.30. The van der Waals surface area contributed by atoms with Gasteiger partial charge in [-0.25, -0.2) is 0 Å². The minimum atomic E-state index is -0.0753.